The number of allylic oxidation sites excluding steroid dienone is 1. The maximum Gasteiger partial charge on any atom is 0.122 e. The second-order valence-corrected chi connectivity index (χ2v) is 7.82. The van der Waals surface area contributed by atoms with Crippen LogP contribution in [-0.4, -0.2) is 16.3 Å². The van der Waals surface area contributed by atoms with Crippen LogP contribution in [0.25, 0.3) is 5.57 Å². The Hall–Kier alpha value is -1.84. The summed E-state index contributed by atoms with van der Waals surface area (Å²) >= 11 is 1.67. The van der Waals surface area contributed by atoms with Crippen LogP contribution >= 0.6 is 11.3 Å². The molecule has 0 aliphatic heterocycles. The summed E-state index contributed by atoms with van der Waals surface area (Å²) in [5.41, 5.74) is 2.11. The first-order valence-corrected chi connectivity index (χ1v) is 9.88. The molecule has 2 unspecified atom stereocenters. The fraction of sp³-hybridized carbons (Fsp3) is 0.364. The molecule has 0 bridgehead atoms. The molecule has 2 atom stereocenters. The molecular weight excluding hydrogens is 328 g/mol. The molecular formula is C22H26O2S. The highest BCUT2D eigenvalue weighted by atomic mass is 32.1. The fourth-order valence-corrected chi connectivity index (χ4v) is 4.63. The predicted octanol–water partition coefficient (Wildman–Crippen LogP) is 5.86. The van der Waals surface area contributed by atoms with E-state index in [2.05, 4.69) is 25.3 Å². The monoisotopic (exact) mass is 354 g/mol. The van der Waals surface area contributed by atoms with E-state index in [4.69, 9.17) is 0 Å². The van der Waals surface area contributed by atoms with Gasteiger partial charge in [-0.25, -0.2) is 0 Å². The highest BCUT2D eigenvalue weighted by Crippen LogP contribution is 2.48. The summed E-state index contributed by atoms with van der Waals surface area (Å²) in [7, 11) is 0. The predicted molar refractivity (Wildman–Crippen MR) is 106 cm³/mol. The molecule has 132 valence electrons. The minimum atomic E-state index is -0.768. The summed E-state index contributed by atoms with van der Waals surface area (Å²) in [6, 6.07) is 13.8. The third kappa shape index (κ3) is 3.31. The molecule has 3 heteroatoms. The van der Waals surface area contributed by atoms with E-state index in [1.165, 1.54) is 0 Å². The van der Waals surface area contributed by atoms with Crippen molar-refractivity contribution in [1.29, 1.82) is 0 Å². The van der Waals surface area contributed by atoms with E-state index in [1.807, 2.05) is 42.5 Å². The molecule has 0 saturated heterocycles. The lowest BCUT2D eigenvalue weighted by Gasteiger charge is -2.41. The number of thiophene rings is 1. The minimum absolute atomic E-state index is 0.194. The molecule has 0 radical (unpaired) electrons. The van der Waals surface area contributed by atoms with Crippen LogP contribution in [0.15, 0.2) is 65.3 Å². The van der Waals surface area contributed by atoms with Crippen molar-refractivity contribution in [2.45, 2.75) is 51.0 Å². The number of unbranched alkanes of at least 4 members (excludes halogenated alkanes) is 2. The molecule has 2 aromatic rings. The van der Waals surface area contributed by atoms with Crippen LogP contribution < -0.4 is 0 Å². The summed E-state index contributed by atoms with van der Waals surface area (Å²) < 4.78 is 0. The van der Waals surface area contributed by atoms with Gasteiger partial charge in [0.25, 0.3) is 0 Å². The number of rotatable bonds is 6. The standard InChI is InChI=1S/C22H26O2S/c1-3-4-6-12-17-15-18(23)20(16-10-7-5-8-11-16)21(24)22(17,2)19-13-9-14-25-19/h5,7-11,13-15,21,23-24H,3-4,6,12H2,1-2H3. The molecule has 0 amide bonds. The van der Waals surface area contributed by atoms with E-state index in [-0.39, 0.29) is 5.76 Å². The Labute approximate surface area is 154 Å². The van der Waals surface area contributed by atoms with Gasteiger partial charge < -0.3 is 10.2 Å². The second kappa shape index (κ2) is 7.59. The van der Waals surface area contributed by atoms with Crippen LogP contribution in [0.4, 0.5) is 0 Å². The van der Waals surface area contributed by atoms with Gasteiger partial charge in [-0.2, -0.15) is 0 Å². The van der Waals surface area contributed by atoms with E-state index in [0.29, 0.717) is 5.57 Å². The Morgan fingerprint density at radius 3 is 2.48 bits per heavy atom. The molecule has 1 heterocycles. The Bertz CT molecular complexity index is 759. The van der Waals surface area contributed by atoms with Gasteiger partial charge >= 0.3 is 0 Å². The smallest absolute Gasteiger partial charge is 0.122 e. The van der Waals surface area contributed by atoms with Gasteiger partial charge in [0.15, 0.2) is 0 Å². The average molecular weight is 355 g/mol. The van der Waals surface area contributed by atoms with Gasteiger partial charge in [0.1, 0.15) is 5.76 Å². The van der Waals surface area contributed by atoms with Gasteiger partial charge in [0.05, 0.1) is 11.5 Å². The SMILES string of the molecule is CCCCCC1=CC(O)=C(c2ccccc2)C(O)C1(C)c1cccs1. The lowest BCUT2D eigenvalue weighted by molar-refractivity contribution is 0.155. The molecule has 0 spiro atoms. The van der Waals surface area contributed by atoms with E-state index in [0.717, 1.165) is 41.7 Å². The zero-order valence-corrected chi connectivity index (χ0v) is 15.7. The van der Waals surface area contributed by atoms with E-state index in [9.17, 15) is 10.2 Å². The first-order valence-electron chi connectivity index (χ1n) is 9.00. The first kappa shape index (κ1) is 18.0. The quantitative estimate of drug-likeness (QED) is 0.638. The van der Waals surface area contributed by atoms with Crippen molar-refractivity contribution >= 4 is 16.9 Å². The topological polar surface area (TPSA) is 40.5 Å². The Balaban J connectivity index is 2.09. The lowest BCUT2D eigenvalue weighted by atomic mass is 9.67. The molecule has 3 rings (SSSR count). The maximum atomic E-state index is 11.4. The molecule has 1 aliphatic carbocycles. The fourth-order valence-electron chi connectivity index (χ4n) is 3.68. The van der Waals surface area contributed by atoms with Crippen LogP contribution in [0.5, 0.6) is 0 Å². The zero-order chi connectivity index (χ0) is 17.9. The maximum absolute atomic E-state index is 11.4. The number of aliphatic hydroxyl groups excluding tert-OH is 2. The Morgan fingerprint density at radius 1 is 1.08 bits per heavy atom. The molecule has 0 fully saturated rings. The van der Waals surface area contributed by atoms with Gasteiger partial charge in [-0.15, -0.1) is 11.3 Å². The molecule has 1 aromatic carbocycles. The van der Waals surface area contributed by atoms with Gasteiger partial charge in [-0.1, -0.05) is 61.7 Å². The van der Waals surface area contributed by atoms with E-state index < -0.39 is 11.5 Å². The summed E-state index contributed by atoms with van der Waals surface area (Å²) in [5, 5.41) is 24.1. The van der Waals surface area contributed by atoms with Gasteiger partial charge in [0, 0.05) is 10.5 Å². The Morgan fingerprint density at radius 2 is 1.84 bits per heavy atom. The largest absolute Gasteiger partial charge is 0.508 e. The van der Waals surface area contributed by atoms with Crippen molar-refractivity contribution in [3.05, 3.63) is 75.7 Å². The summed E-state index contributed by atoms with van der Waals surface area (Å²) in [4.78, 5) is 1.14. The van der Waals surface area contributed by atoms with E-state index in [1.54, 1.807) is 11.3 Å². The molecule has 25 heavy (non-hydrogen) atoms. The Kier molecular flexibility index (Phi) is 5.45. The van der Waals surface area contributed by atoms with Crippen LogP contribution in [0, 0.1) is 0 Å². The van der Waals surface area contributed by atoms with Crippen molar-refractivity contribution in [2.24, 2.45) is 0 Å². The lowest BCUT2D eigenvalue weighted by Crippen LogP contribution is -2.41. The second-order valence-electron chi connectivity index (χ2n) is 6.87. The van der Waals surface area contributed by atoms with Crippen LogP contribution in [0.2, 0.25) is 0 Å². The molecule has 1 aliphatic rings. The van der Waals surface area contributed by atoms with Crippen molar-refractivity contribution in [3.8, 4) is 0 Å². The van der Waals surface area contributed by atoms with Crippen LogP contribution in [0.1, 0.15) is 50.0 Å². The minimum Gasteiger partial charge on any atom is -0.508 e. The molecule has 2 N–H and O–H groups in total. The molecule has 0 saturated carbocycles. The highest BCUT2D eigenvalue weighted by molar-refractivity contribution is 7.10. The van der Waals surface area contributed by atoms with Crippen molar-refractivity contribution in [3.63, 3.8) is 0 Å². The molecule has 2 nitrogen and oxygen atoms in total. The summed E-state index contributed by atoms with van der Waals surface area (Å²) in [6.45, 7) is 4.30. The van der Waals surface area contributed by atoms with Gasteiger partial charge in [0.2, 0.25) is 0 Å². The highest BCUT2D eigenvalue weighted by Gasteiger charge is 2.44. The third-order valence-electron chi connectivity index (χ3n) is 5.24. The normalized spacial score (nSPS) is 23.6. The van der Waals surface area contributed by atoms with Crippen molar-refractivity contribution < 1.29 is 10.2 Å². The van der Waals surface area contributed by atoms with Gasteiger partial charge in [-0.05, 0) is 42.9 Å². The summed E-state index contributed by atoms with van der Waals surface area (Å²) in [6.07, 6.45) is 5.40. The number of aliphatic hydroxyl groups is 2. The molecule has 1 aromatic heterocycles. The number of benzene rings is 1. The zero-order valence-electron chi connectivity index (χ0n) is 14.9. The first-order chi connectivity index (χ1) is 12.1. The number of hydrogen-bond donors (Lipinski definition) is 2. The van der Waals surface area contributed by atoms with Crippen LogP contribution in [0.3, 0.4) is 0 Å². The van der Waals surface area contributed by atoms with Crippen molar-refractivity contribution in [1.82, 2.24) is 0 Å². The van der Waals surface area contributed by atoms with Crippen molar-refractivity contribution in [2.75, 3.05) is 0 Å². The third-order valence-corrected chi connectivity index (χ3v) is 6.35. The average Bonchev–Trinajstić information content (AvgIpc) is 3.15. The van der Waals surface area contributed by atoms with E-state index >= 15 is 0 Å². The number of hydrogen-bond acceptors (Lipinski definition) is 3. The van der Waals surface area contributed by atoms with Crippen LogP contribution in [-0.2, 0) is 5.41 Å². The van der Waals surface area contributed by atoms with Gasteiger partial charge in [-0.3, -0.25) is 0 Å². The summed E-state index contributed by atoms with van der Waals surface area (Å²) in [5.74, 6) is 0.194.